The summed E-state index contributed by atoms with van der Waals surface area (Å²) in [5.41, 5.74) is 14.5. The number of aromatic nitrogens is 4. The van der Waals surface area contributed by atoms with Crippen molar-refractivity contribution in [1.29, 1.82) is 0 Å². The van der Waals surface area contributed by atoms with E-state index in [1.807, 2.05) is 30.3 Å². The highest BCUT2D eigenvalue weighted by molar-refractivity contribution is 5.92. The zero-order valence-electron chi connectivity index (χ0n) is 17.1. The Kier molecular flexibility index (Phi) is 5.67. The van der Waals surface area contributed by atoms with Gasteiger partial charge in [-0.15, -0.1) is 0 Å². The van der Waals surface area contributed by atoms with Crippen LogP contribution in [0.5, 0.6) is 0 Å². The van der Waals surface area contributed by atoms with Crippen molar-refractivity contribution in [3.63, 3.8) is 0 Å². The maximum atomic E-state index is 14.3. The first-order valence-electron chi connectivity index (χ1n) is 9.61. The standard InChI is InChI=1S/C22H20FN7O2/c1-32-22(31)26-18-19(24)27-21(28-20(18)25)16-11-17(13-7-3-2-4-8-13)30(29-16)12-14-9-5-6-10-15(14)23/h2-11H,12H2,1H3,(H,26,31)(H4,24,25,27,28). The van der Waals surface area contributed by atoms with Gasteiger partial charge in [-0.1, -0.05) is 48.5 Å². The molecule has 0 radical (unpaired) electrons. The molecular formula is C22H20FN7O2. The third-order valence-corrected chi connectivity index (χ3v) is 4.73. The van der Waals surface area contributed by atoms with Crippen molar-refractivity contribution in [1.82, 2.24) is 19.7 Å². The van der Waals surface area contributed by atoms with Crippen LogP contribution in [0.15, 0.2) is 60.7 Å². The van der Waals surface area contributed by atoms with Crippen molar-refractivity contribution in [2.75, 3.05) is 23.9 Å². The minimum atomic E-state index is -0.750. The van der Waals surface area contributed by atoms with Crippen LogP contribution in [0.1, 0.15) is 5.56 Å². The van der Waals surface area contributed by atoms with Gasteiger partial charge in [-0.2, -0.15) is 5.10 Å². The summed E-state index contributed by atoms with van der Waals surface area (Å²) in [7, 11) is 1.21. The van der Waals surface area contributed by atoms with Crippen LogP contribution in [-0.4, -0.2) is 33.0 Å². The number of rotatable bonds is 5. The van der Waals surface area contributed by atoms with Crippen LogP contribution in [0.4, 0.5) is 26.5 Å². The van der Waals surface area contributed by atoms with E-state index in [-0.39, 0.29) is 35.5 Å². The van der Waals surface area contributed by atoms with Gasteiger partial charge in [0.2, 0.25) is 0 Å². The number of halogens is 1. The first-order chi connectivity index (χ1) is 15.5. The van der Waals surface area contributed by atoms with Crippen molar-refractivity contribution >= 4 is 23.4 Å². The molecule has 162 valence electrons. The fraction of sp³-hybridized carbons (Fsp3) is 0.0909. The molecule has 2 heterocycles. The molecule has 0 saturated heterocycles. The number of nitrogens with two attached hydrogens (primary N) is 2. The van der Waals surface area contributed by atoms with Crippen LogP contribution in [0.3, 0.4) is 0 Å². The second kappa shape index (κ2) is 8.72. The number of nitrogens with zero attached hydrogens (tertiary/aromatic N) is 4. The van der Waals surface area contributed by atoms with Crippen LogP contribution in [-0.2, 0) is 11.3 Å². The SMILES string of the molecule is COC(=O)Nc1c(N)nc(-c2cc(-c3ccccc3)n(Cc3ccccc3F)n2)nc1N. The molecule has 4 rings (SSSR count). The van der Waals surface area contributed by atoms with E-state index in [0.29, 0.717) is 11.3 Å². The normalized spacial score (nSPS) is 10.7. The number of carbonyl (C=O) groups excluding carboxylic acids is 1. The first kappa shape index (κ1) is 20.8. The van der Waals surface area contributed by atoms with E-state index >= 15 is 0 Å². The summed E-state index contributed by atoms with van der Waals surface area (Å²) in [6.45, 7) is 0.198. The number of anilines is 3. The van der Waals surface area contributed by atoms with E-state index in [4.69, 9.17) is 11.5 Å². The number of hydrogen-bond acceptors (Lipinski definition) is 7. The quantitative estimate of drug-likeness (QED) is 0.438. The van der Waals surface area contributed by atoms with E-state index in [2.05, 4.69) is 25.1 Å². The predicted molar refractivity (Wildman–Crippen MR) is 119 cm³/mol. The predicted octanol–water partition coefficient (Wildman–Crippen LogP) is 3.54. The molecule has 2 aromatic heterocycles. The molecule has 0 atom stereocenters. The van der Waals surface area contributed by atoms with Gasteiger partial charge in [-0.25, -0.2) is 19.2 Å². The Labute approximate surface area is 182 Å². The lowest BCUT2D eigenvalue weighted by Crippen LogP contribution is -2.16. The van der Waals surface area contributed by atoms with Gasteiger partial charge in [-0.05, 0) is 17.7 Å². The van der Waals surface area contributed by atoms with Gasteiger partial charge in [-0.3, -0.25) is 10.00 Å². The number of carbonyl (C=O) groups is 1. The molecule has 32 heavy (non-hydrogen) atoms. The monoisotopic (exact) mass is 433 g/mol. The largest absolute Gasteiger partial charge is 0.453 e. The molecule has 0 aliphatic carbocycles. The Morgan fingerprint density at radius 2 is 1.72 bits per heavy atom. The Bertz CT molecular complexity index is 1250. The lowest BCUT2D eigenvalue weighted by atomic mass is 10.1. The van der Waals surface area contributed by atoms with Gasteiger partial charge in [0.25, 0.3) is 0 Å². The van der Waals surface area contributed by atoms with E-state index < -0.39 is 6.09 Å². The number of amides is 1. The van der Waals surface area contributed by atoms with E-state index in [0.717, 1.165) is 11.3 Å². The van der Waals surface area contributed by atoms with Crippen LogP contribution in [0.2, 0.25) is 0 Å². The average molecular weight is 433 g/mol. The number of methoxy groups -OCH3 is 1. The van der Waals surface area contributed by atoms with Gasteiger partial charge in [0, 0.05) is 5.56 Å². The van der Waals surface area contributed by atoms with E-state index in [1.165, 1.54) is 13.2 Å². The molecule has 0 bridgehead atoms. The highest BCUT2D eigenvalue weighted by Crippen LogP contribution is 2.29. The molecule has 0 saturated carbocycles. The molecule has 0 unspecified atom stereocenters. The molecule has 0 spiro atoms. The maximum Gasteiger partial charge on any atom is 0.411 e. The smallest absolute Gasteiger partial charge is 0.411 e. The lowest BCUT2D eigenvalue weighted by Gasteiger charge is -2.10. The van der Waals surface area contributed by atoms with E-state index in [1.54, 1.807) is 28.9 Å². The number of hydrogen-bond donors (Lipinski definition) is 3. The molecule has 0 aliphatic rings. The molecule has 2 aromatic carbocycles. The number of ether oxygens (including phenoxy) is 1. The van der Waals surface area contributed by atoms with Crippen LogP contribution < -0.4 is 16.8 Å². The van der Waals surface area contributed by atoms with Gasteiger partial charge in [0.1, 0.15) is 17.2 Å². The second-order valence-electron chi connectivity index (χ2n) is 6.84. The minimum Gasteiger partial charge on any atom is -0.453 e. The van der Waals surface area contributed by atoms with Crippen molar-refractivity contribution in [3.8, 4) is 22.8 Å². The molecular weight excluding hydrogens is 413 g/mol. The fourth-order valence-electron chi connectivity index (χ4n) is 3.17. The summed E-state index contributed by atoms with van der Waals surface area (Å²) in [5, 5.41) is 6.97. The molecule has 0 aliphatic heterocycles. The molecule has 9 nitrogen and oxygen atoms in total. The first-order valence-corrected chi connectivity index (χ1v) is 9.61. The molecule has 10 heteroatoms. The Hall–Kier alpha value is -4.47. The van der Waals surface area contributed by atoms with Crippen LogP contribution in [0, 0.1) is 5.82 Å². The number of nitrogens with one attached hydrogen (secondary N) is 1. The van der Waals surface area contributed by atoms with Crippen LogP contribution in [0.25, 0.3) is 22.8 Å². The van der Waals surface area contributed by atoms with Crippen molar-refractivity contribution < 1.29 is 13.9 Å². The highest BCUT2D eigenvalue weighted by atomic mass is 19.1. The summed E-state index contributed by atoms with van der Waals surface area (Å²) >= 11 is 0. The second-order valence-corrected chi connectivity index (χ2v) is 6.84. The Morgan fingerprint density at radius 1 is 1.06 bits per heavy atom. The van der Waals surface area contributed by atoms with Crippen molar-refractivity contribution in [2.45, 2.75) is 6.54 Å². The van der Waals surface area contributed by atoms with Gasteiger partial charge < -0.3 is 16.2 Å². The van der Waals surface area contributed by atoms with Crippen LogP contribution >= 0.6 is 0 Å². The van der Waals surface area contributed by atoms with E-state index in [9.17, 15) is 9.18 Å². The molecule has 5 N–H and O–H groups in total. The molecule has 0 fully saturated rings. The Balaban J connectivity index is 1.78. The topological polar surface area (TPSA) is 134 Å². The molecule has 1 amide bonds. The van der Waals surface area contributed by atoms with Gasteiger partial charge >= 0.3 is 6.09 Å². The maximum absolute atomic E-state index is 14.3. The summed E-state index contributed by atoms with van der Waals surface area (Å²) in [6.07, 6.45) is -0.750. The summed E-state index contributed by atoms with van der Waals surface area (Å²) in [5.74, 6) is -0.239. The zero-order valence-corrected chi connectivity index (χ0v) is 17.1. The average Bonchev–Trinajstić information content (AvgIpc) is 3.22. The van der Waals surface area contributed by atoms with Gasteiger partial charge in [0.15, 0.2) is 17.5 Å². The number of nitrogen functional groups attached to an aromatic ring is 2. The highest BCUT2D eigenvalue weighted by Gasteiger charge is 2.19. The third kappa shape index (κ3) is 4.19. The molecule has 4 aromatic rings. The van der Waals surface area contributed by atoms with Crippen molar-refractivity contribution in [2.24, 2.45) is 0 Å². The summed E-state index contributed by atoms with van der Waals surface area (Å²) in [4.78, 5) is 20.0. The van der Waals surface area contributed by atoms with Gasteiger partial charge in [0.05, 0.1) is 19.3 Å². The lowest BCUT2D eigenvalue weighted by molar-refractivity contribution is 0.187. The number of benzene rings is 2. The fourth-order valence-corrected chi connectivity index (χ4v) is 3.17. The Morgan fingerprint density at radius 3 is 2.38 bits per heavy atom. The third-order valence-electron chi connectivity index (χ3n) is 4.73. The zero-order chi connectivity index (χ0) is 22.7. The van der Waals surface area contributed by atoms with Crippen molar-refractivity contribution in [3.05, 3.63) is 72.0 Å². The summed E-state index contributed by atoms with van der Waals surface area (Å²) < 4.78 is 20.5. The minimum absolute atomic E-state index is 0.0391. The summed E-state index contributed by atoms with van der Waals surface area (Å²) in [6, 6.07) is 17.8.